The first-order valence-corrected chi connectivity index (χ1v) is 7.11. The van der Waals surface area contributed by atoms with Gasteiger partial charge in [-0.05, 0) is 48.9 Å². The predicted octanol–water partition coefficient (Wildman–Crippen LogP) is 3.02. The van der Waals surface area contributed by atoms with Crippen molar-refractivity contribution in [1.82, 2.24) is 0 Å². The maximum atomic E-state index is 11.7. The Hall–Kier alpha value is -2.82. The van der Waals surface area contributed by atoms with Crippen LogP contribution in [0.2, 0.25) is 0 Å². The summed E-state index contributed by atoms with van der Waals surface area (Å²) in [5.74, 6) is 0.778. The molecule has 2 aromatic rings. The molecule has 0 unspecified atom stereocenters. The van der Waals surface area contributed by atoms with Crippen molar-refractivity contribution >= 4 is 11.8 Å². The highest BCUT2D eigenvalue weighted by Gasteiger charge is 2.06. The molecule has 0 N–H and O–H groups in total. The van der Waals surface area contributed by atoms with Crippen LogP contribution in [0.1, 0.15) is 22.8 Å². The van der Waals surface area contributed by atoms with Crippen molar-refractivity contribution in [3.63, 3.8) is 0 Å². The first-order valence-electron chi connectivity index (χ1n) is 7.11. The van der Waals surface area contributed by atoms with E-state index in [9.17, 15) is 9.59 Å². The fourth-order valence-electron chi connectivity index (χ4n) is 1.86. The molecule has 5 nitrogen and oxygen atoms in total. The standard InChI is InChI=1S/C18H18O5/c1-13(19)15-5-9-17(10-6-15)22-12-18(20)23-11-14-3-7-16(21-2)8-4-14/h3-10H,11-12H2,1-2H3. The van der Waals surface area contributed by atoms with Crippen molar-refractivity contribution in [1.29, 1.82) is 0 Å². The van der Waals surface area contributed by atoms with Crippen molar-refractivity contribution in [3.05, 3.63) is 59.7 Å². The average Bonchev–Trinajstić information content (AvgIpc) is 2.59. The van der Waals surface area contributed by atoms with Crippen LogP contribution in [0.4, 0.5) is 0 Å². The van der Waals surface area contributed by atoms with Crippen LogP contribution in [0.15, 0.2) is 48.5 Å². The molecule has 0 aliphatic heterocycles. The van der Waals surface area contributed by atoms with E-state index in [0.29, 0.717) is 11.3 Å². The lowest BCUT2D eigenvalue weighted by Gasteiger charge is -2.08. The lowest BCUT2D eigenvalue weighted by atomic mass is 10.1. The highest BCUT2D eigenvalue weighted by molar-refractivity contribution is 5.94. The minimum absolute atomic E-state index is 0.0181. The van der Waals surface area contributed by atoms with Crippen LogP contribution in [-0.2, 0) is 16.1 Å². The SMILES string of the molecule is COc1ccc(COC(=O)COc2ccc(C(C)=O)cc2)cc1. The third-order valence-electron chi connectivity index (χ3n) is 3.18. The minimum Gasteiger partial charge on any atom is -0.497 e. The molecule has 2 rings (SSSR count). The normalized spacial score (nSPS) is 10.0. The smallest absolute Gasteiger partial charge is 0.344 e. The highest BCUT2D eigenvalue weighted by Crippen LogP contribution is 2.14. The van der Waals surface area contributed by atoms with E-state index in [1.54, 1.807) is 43.5 Å². The Morgan fingerprint density at radius 2 is 1.52 bits per heavy atom. The number of hydrogen-bond donors (Lipinski definition) is 0. The molecule has 120 valence electrons. The number of methoxy groups -OCH3 is 1. The van der Waals surface area contributed by atoms with Crippen LogP contribution in [0.25, 0.3) is 0 Å². The molecule has 23 heavy (non-hydrogen) atoms. The summed E-state index contributed by atoms with van der Waals surface area (Å²) in [5.41, 5.74) is 1.46. The number of carbonyl (C=O) groups is 2. The first kappa shape index (κ1) is 16.5. The fraction of sp³-hybridized carbons (Fsp3) is 0.222. The maximum absolute atomic E-state index is 11.7. The van der Waals surface area contributed by atoms with Gasteiger partial charge in [0.2, 0.25) is 0 Å². The Kier molecular flexibility index (Phi) is 5.74. The van der Waals surface area contributed by atoms with Crippen LogP contribution in [-0.4, -0.2) is 25.5 Å². The zero-order valence-corrected chi connectivity index (χ0v) is 13.1. The predicted molar refractivity (Wildman–Crippen MR) is 84.7 cm³/mol. The molecule has 0 radical (unpaired) electrons. The van der Waals surface area contributed by atoms with E-state index in [4.69, 9.17) is 14.2 Å². The van der Waals surface area contributed by atoms with E-state index in [1.807, 2.05) is 12.1 Å². The second-order valence-corrected chi connectivity index (χ2v) is 4.88. The molecule has 5 heteroatoms. The summed E-state index contributed by atoms with van der Waals surface area (Å²) in [6.07, 6.45) is 0. The molecular weight excluding hydrogens is 296 g/mol. The number of ether oxygens (including phenoxy) is 3. The molecule has 0 atom stereocenters. The van der Waals surface area contributed by atoms with Gasteiger partial charge in [-0.1, -0.05) is 12.1 Å². The van der Waals surface area contributed by atoms with Crippen molar-refractivity contribution in [2.24, 2.45) is 0 Å². The van der Waals surface area contributed by atoms with Gasteiger partial charge >= 0.3 is 5.97 Å². The molecule has 0 saturated heterocycles. The van der Waals surface area contributed by atoms with Gasteiger partial charge in [0, 0.05) is 5.56 Å². The summed E-state index contributed by atoms with van der Waals surface area (Å²) in [5, 5.41) is 0. The quantitative estimate of drug-likeness (QED) is 0.581. The molecule has 0 aliphatic rings. The second-order valence-electron chi connectivity index (χ2n) is 4.88. The van der Waals surface area contributed by atoms with E-state index >= 15 is 0 Å². The van der Waals surface area contributed by atoms with Crippen molar-refractivity contribution in [3.8, 4) is 11.5 Å². The summed E-state index contributed by atoms with van der Waals surface area (Å²) in [6.45, 7) is 1.48. The molecule has 0 fully saturated rings. The number of esters is 1. The summed E-state index contributed by atoms with van der Waals surface area (Å²) >= 11 is 0. The lowest BCUT2D eigenvalue weighted by Crippen LogP contribution is -2.14. The van der Waals surface area contributed by atoms with Crippen LogP contribution < -0.4 is 9.47 Å². The minimum atomic E-state index is -0.462. The van der Waals surface area contributed by atoms with Crippen LogP contribution in [0.5, 0.6) is 11.5 Å². The number of ketones is 1. The average molecular weight is 314 g/mol. The van der Waals surface area contributed by atoms with Crippen LogP contribution in [0.3, 0.4) is 0 Å². The Bertz CT molecular complexity index is 659. The molecule has 0 aromatic heterocycles. The molecular formula is C18H18O5. The molecule has 0 amide bonds. The topological polar surface area (TPSA) is 61.8 Å². The maximum Gasteiger partial charge on any atom is 0.344 e. The number of carbonyl (C=O) groups excluding carboxylic acids is 2. The zero-order valence-electron chi connectivity index (χ0n) is 13.1. The number of benzene rings is 2. The van der Waals surface area contributed by atoms with Gasteiger partial charge in [-0.25, -0.2) is 4.79 Å². The molecule has 0 aliphatic carbocycles. The Labute approximate surface area is 134 Å². The van der Waals surface area contributed by atoms with Gasteiger partial charge < -0.3 is 14.2 Å². The van der Waals surface area contributed by atoms with Gasteiger partial charge in [0.1, 0.15) is 18.1 Å². The number of Topliss-reactive ketones (excluding diaryl/α,β-unsaturated/α-hetero) is 1. The second kappa shape index (κ2) is 7.98. The highest BCUT2D eigenvalue weighted by atomic mass is 16.6. The van der Waals surface area contributed by atoms with E-state index in [1.165, 1.54) is 6.92 Å². The Morgan fingerprint density at radius 1 is 0.913 bits per heavy atom. The van der Waals surface area contributed by atoms with Crippen LogP contribution >= 0.6 is 0 Å². The first-order chi connectivity index (χ1) is 11.1. The van der Waals surface area contributed by atoms with Gasteiger partial charge in [0.05, 0.1) is 7.11 Å². The zero-order chi connectivity index (χ0) is 16.7. The van der Waals surface area contributed by atoms with Gasteiger partial charge in [-0.2, -0.15) is 0 Å². The number of hydrogen-bond acceptors (Lipinski definition) is 5. The van der Waals surface area contributed by atoms with Crippen molar-refractivity contribution in [2.75, 3.05) is 13.7 Å². The summed E-state index contributed by atoms with van der Waals surface area (Å²) in [7, 11) is 1.59. The molecule has 0 bridgehead atoms. The van der Waals surface area contributed by atoms with Crippen LogP contribution in [0, 0.1) is 0 Å². The van der Waals surface area contributed by atoms with E-state index in [0.717, 1.165) is 11.3 Å². The summed E-state index contributed by atoms with van der Waals surface area (Å²) in [6, 6.07) is 13.9. The summed E-state index contributed by atoms with van der Waals surface area (Å²) in [4.78, 5) is 22.8. The Morgan fingerprint density at radius 3 is 2.09 bits per heavy atom. The van der Waals surface area contributed by atoms with E-state index in [2.05, 4.69) is 0 Å². The largest absolute Gasteiger partial charge is 0.497 e. The van der Waals surface area contributed by atoms with Gasteiger partial charge in [-0.15, -0.1) is 0 Å². The number of rotatable bonds is 7. The summed E-state index contributed by atoms with van der Waals surface area (Å²) < 4.78 is 15.5. The van der Waals surface area contributed by atoms with E-state index < -0.39 is 5.97 Å². The fourth-order valence-corrected chi connectivity index (χ4v) is 1.86. The van der Waals surface area contributed by atoms with Crippen molar-refractivity contribution in [2.45, 2.75) is 13.5 Å². The molecule has 0 spiro atoms. The van der Waals surface area contributed by atoms with Gasteiger partial charge in [-0.3, -0.25) is 4.79 Å². The van der Waals surface area contributed by atoms with E-state index in [-0.39, 0.29) is 19.0 Å². The Balaban J connectivity index is 1.77. The third-order valence-corrected chi connectivity index (χ3v) is 3.18. The van der Waals surface area contributed by atoms with Crippen molar-refractivity contribution < 1.29 is 23.8 Å². The van der Waals surface area contributed by atoms with Gasteiger partial charge in [0.25, 0.3) is 0 Å². The molecule has 0 heterocycles. The monoisotopic (exact) mass is 314 g/mol. The third kappa shape index (κ3) is 5.14. The molecule has 2 aromatic carbocycles. The molecule has 0 saturated carbocycles. The van der Waals surface area contributed by atoms with Gasteiger partial charge in [0.15, 0.2) is 12.4 Å². The lowest BCUT2D eigenvalue weighted by molar-refractivity contribution is -0.147.